The van der Waals surface area contributed by atoms with Gasteiger partial charge in [0.2, 0.25) is 0 Å². The van der Waals surface area contributed by atoms with Crippen LogP contribution in [0, 0.1) is 5.82 Å². The second-order valence-corrected chi connectivity index (χ2v) is 6.37. The lowest BCUT2D eigenvalue weighted by atomic mass is 10.2. The Morgan fingerprint density at radius 1 is 1.00 bits per heavy atom. The lowest BCUT2D eigenvalue weighted by Crippen LogP contribution is -2.16. The van der Waals surface area contributed by atoms with Gasteiger partial charge in [0.1, 0.15) is 12.4 Å². The summed E-state index contributed by atoms with van der Waals surface area (Å²) < 4.78 is 30.0. The van der Waals surface area contributed by atoms with Gasteiger partial charge in [-0.25, -0.2) is 4.39 Å². The molecule has 2 rings (SSSR count). The lowest BCUT2D eigenvalue weighted by Gasteiger charge is -2.14. The zero-order valence-electron chi connectivity index (χ0n) is 15.9. The largest absolute Gasteiger partial charge is 0.490 e. The van der Waals surface area contributed by atoms with Crippen molar-refractivity contribution in [3.05, 3.63) is 58.4 Å². The van der Waals surface area contributed by atoms with Gasteiger partial charge in [0.05, 0.1) is 11.6 Å². The Bertz CT molecular complexity index is 712. The average Bonchev–Trinajstić information content (AvgIpc) is 2.65. The molecule has 0 amide bonds. The summed E-state index contributed by atoms with van der Waals surface area (Å²) >= 11 is 6.06. The molecule has 0 aromatic heterocycles. The topological polar surface area (TPSA) is 39.7 Å². The van der Waals surface area contributed by atoms with Crippen LogP contribution in [-0.2, 0) is 17.9 Å². The molecule has 4 nitrogen and oxygen atoms in total. The average molecular weight is 396 g/mol. The van der Waals surface area contributed by atoms with E-state index < -0.39 is 0 Å². The lowest BCUT2D eigenvalue weighted by molar-refractivity contribution is 0.144. The van der Waals surface area contributed by atoms with Gasteiger partial charge in [0.15, 0.2) is 11.5 Å². The van der Waals surface area contributed by atoms with Crippen molar-refractivity contribution < 1.29 is 18.6 Å². The maximum absolute atomic E-state index is 13.2. The zero-order chi connectivity index (χ0) is 19.5. The SMILES string of the molecule is CCOCCCNCc1ccc(OCc2ccc(F)cc2Cl)c(OCC)c1. The molecule has 2 aromatic carbocycles. The fourth-order valence-corrected chi connectivity index (χ4v) is 2.74. The third-order valence-corrected chi connectivity index (χ3v) is 4.23. The smallest absolute Gasteiger partial charge is 0.161 e. The van der Waals surface area contributed by atoms with Gasteiger partial charge in [-0.15, -0.1) is 0 Å². The molecule has 148 valence electrons. The molecule has 0 unspecified atom stereocenters. The van der Waals surface area contributed by atoms with Gasteiger partial charge in [0, 0.05) is 25.3 Å². The Hall–Kier alpha value is -1.82. The first-order chi connectivity index (χ1) is 13.1. The second kappa shape index (κ2) is 11.8. The minimum atomic E-state index is -0.364. The van der Waals surface area contributed by atoms with E-state index in [0.29, 0.717) is 23.1 Å². The molecular formula is C21H27ClFNO3. The van der Waals surface area contributed by atoms with Crippen molar-refractivity contribution in [3.63, 3.8) is 0 Å². The number of ether oxygens (including phenoxy) is 3. The number of hydrogen-bond donors (Lipinski definition) is 1. The van der Waals surface area contributed by atoms with E-state index in [0.717, 1.165) is 43.9 Å². The maximum atomic E-state index is 13.2. The van der Waals surface area contributed by atoms with Crippen LogP contribution < -0.4 is 14.8 Å². The van der Waals surface area contributed by atoms with Crippen LogP contribution in [0.2, 0.25) is 5.02 Å². The Morgan fingerprint density at radius 3 is 2.59 bits per heavy atom. The summed E-state index contributed by atoms with van der Waals surface area (Å²) in [6.45, 7) is 7.87. The quantitative estimate of drug-likeness (QED) is 0.515. The number of nitrogens with one attached hydrogen (secondary N) is 1. The van der Waals surface area contributed by atoms with Crippen LogP contribution >= 0.6 is 11.6 Å². The third kappa shape index (κ3) is 7.37. The van der Waals surface area contributed by atoms with Gasteiger partial charge in [-0.2, -0.15) is 0 Å². The number of hydrogen-bond acceptors (Lipinski definition) is 4. The molecule has 0 spiro atoms. The molecule has 0 radical (unpaired) electrons. The maximum Gasteiger partial charge on any atom is 0.161 e. The third-order valence-electron chi connectivity index (χ3n) is 3.88. The summed E-state index contributed by atoms with van der Waals surface area (Å²) in [5.74, 6) is 0.957. The summed E-state index contributed by atoms with van der Waals surface area (Å²) in [5, 5.41) is 3.74. The number of rotatable bonds is 12. The molecule has 27 heavy (non-hydrogen) atoms. The highest BCUT2D eigenvalue weighted by Crippen LogP contribution is 2.30. The first-order valence-electron chi connectivity index (χ1n) is 9.25. The molecule has 0 fully saturated rings. The van der Waals surface area contributed by atoms with Crippen molar-refractivity contribution in [1.29, 1.82) is 0 Å². The van der Waals surface area contributed by atoms with Crippen LogP contribution in [-0.4, -0.2) is 26.4 Å². The molecule has 0 atom stereocenters. The molecule has 0 aliphatic carbocycles. The van der Waals surface area contributed by atoms with Crippen molar-refractivity contribution >= 4 is 11.6 Å². The van der Waals surface area contributed by atoms with Gasteiger partial charge >= 0.3 is 0 Å². The Labute approximate surface area is 165 Å². The van der Waals surface area contributed by atoms with Crippen molar-refractivity contribution in [1.82, 2.24) is 5.32 Å². The Kier molecular flexibility index (Phi) is 9.39. The van der Waals surface area contributed by atoms with Gasteiger partial charge < -0.3 is 19.5 Å². The molecule has 0 heterocycles. The van der Waals surface area contributed by atoms with E-state index in [-0.39, 0.29) is 12.4 Å². The number of benzene rings is 2. The highest BCUT2D eigenvalue weighted by atomic mass is 35.5. The van der Waals surface area contributed by atoms with Crippen LogP contribution in [0.4, 0.5) is 4.39 Å². The summed E-state index contributed by atoms with van der Waals surface area (Å²) in [7, 11) is 0. The van der Waals surface area contributed by atoms with Gasteiger partial charge in [0.25, 0.3) is 0 Å². The predicted octanol–water partition coefficient (Wildman–Crippen LogP) is 4.97. The standard InChI is InChI=1S/C21H27ClFNO3/c1-3-25-11-5-10-24-14-16-6-9-20(21(12-16)26-4-2)27-15-17-7-8-18(23)13-19(17)22/h6-9,12-13,24H,3-5,10-11,14-15H2,1-2H3. The second-order valence-electron chi connectivity index (χ2n) is 5.97. The Balaban J connectivity index is 1.93. The summed E-state index contributed by atoms with van der Waals surface area (Å²) in [5.41, 5.74) is 1.84. The fraction of sp³-hybridized carbons (Fsp3) is 0.429. The van der Waals surface area contributed by atoms with Gasteiger partial charge in [-0.1, -0.05) is 23.7 Å². The van der Waals surface area contributed by atoms with Crippen molar-refractivity contribution in [2.75, 3.05) is 26.4 Å². The minimum absolute atomic E-state index is 0.244. The summed E-state index contributed by atoms with van der Waals surface area (Å²) in [6.07, 6.45) is 0.978. The van der Waals surface area contributed by atoms with E-state index in [4.69, 9.17) is 25.8 Å². The predicted molar refractivity (Wildman–Crippen MR) is 106 cm³/mol. The Morgan fingerprint density at radius 2 is 1.85 bits per heavy atom. The van der Waals surface area contributed by atoms with E-state index in [1.807, 2.05) is 32.0 Å². The fourth-order valence-electron chi connectivity index (χ4n) is 2.52. The molecule has 2 aromatic rings. The van der Waals surface area contributed by atoms with Crippen LogP contribution in [0.25, 0.3) is 0 Å². The molecule has 0 aliphatic heterocycles. The monoisotopic (exact) mass is 395 g/mol. The van der Waals surface area contributed by atoms with Gasteiger partial charge in [-0.05, 0) is 56.6 Å². The highest BCUT2D eigenvalue weighted by molar-refractivity contribution is 6.31. The van der Waals surface area contributed by atoms with Gasteiger partial charge in [-0.3, -0.25) is 0 Å². The van der Waals surface area contributed by atoms with Crippen LogP contribution in [0.5, 0.6) is 11.5 Å². The molecule has 0 saturated carbocycles. The minimum Gasteiger partial charge on any atom is -0.490 e. The molecule has 0 bridgehead atoms. The van der Waals surface area contributed by atoms with E-state index in [1.165, 1.54) is 12.1 Å². The molecular weight excluding hydrogens is 369 g/mol. The van der Waals surface area contributed by atoms with Crippen molar-refractivity contribution in [2.45, 2.75) is 33.4 Å². The van der Waals surface area contributed by atoms with E-state index in [9.17, 15) is 4.39 Å². The van der Waals surface area contributed by atoms with Crippen molar-refractivity contribution in [3.8, 4) is 11.5 Å². The molecule has 6 heteroatoms. The normalized spacial score (nSPS) is 10.8. The van der Waals surface area contributed by atoms with Crippen LogP contribution in [0.3, 0.4) is 0 Å². The number of halogens is 2. The van der Waals surface area contributed by atoms with E-state index in [1.54, 1.807) is 6.07 Å². The van der Waals surface area contributed by atoms with E-state index >= 15 is 0 Å². The summed E-state index contributed by atoms with van der Waals surface area (Å²) in [6, 6.07) is 10.1. The molecule has 0 aliphatic rings. The van der Waals surface area contributed by atoms with Crippen molar-refractivity contribution in [2.24, 2.45) is 0 Å². The molecule has 1 N–H and O–H groups in total. The zero-order valence-corrected chi connectivity index (χ0v) is 16.7. The van der Waals surface area contributed by atoms with Crippen LogP contribution in [0.1, 0.15) is 31.4 Å². The first-order valence-corrected chi connectivity index (χ1v) is 9.62. The first kappa shape index (κ1) is 21.5. The summed E-state index contributed by atoms with van der Waals surface area (Å²) in [4.78, 5) is 0. The molecule has 0 saturated heterocycles. The van der Waals surface area contributed by atoms with E-state index in [2.05, 4.69) is 5.32 Å². The van der Waals surface area contributed by atoms with Crippen LogP contribution in [0.15, 0.2) is 36.4 Å². The highest BCUT2D eigenvalue weighted by Gasteiger charge is 2.09.